The fourth-order valence-corrected chi connectivity index (χ4v) is 2.75. The van der Waals surface area contributed by atoms with Gasteiger partial charge in [-0.1, -0.05) is 31.9 Å². The Morgan fingerprint density at radius 1 is 1.27 bits per heavy atom. The van der Waals surface area contributed by atoms with E-state index >= 15 is 0 Å². The van der Waals surface area contributed by atoms with E-state index in [0.29, 0.717) is 11.5 Å². The summed E-state index contributed by atoms with van der Waals surface area (Å²) in [6, 6.07) is 5.09. The van der Waals surface area contributed by atoms with Gasteiger partial charge in [0.1, 0.15) is 0 Å². The molecule has 1 N–H and O–H groups in total. The third-order valence-electron chi connectivity index (χ3n) is 4.08. The Morgan fingerprint density at radius 3 is 2.68 bits per heavy atom. The SMILES string of the molecule is C[C@@H]1CCCC[C@H]1NC(=O)/C=C/c1cccc(C(F)(F)F)c1. The first-order valence-electron chi connectivity index (χ1n) is 7.52. The number of benzene rings is 1. The molecule has 0 heterocycles. The molecule has 2 rings (SSSR count). The van der Waals surface area contributed by atoms with Crippen molar-refractivity contribution in [3.05, 3.63) is 41.5 Å². The van der Waals surface area contributed by atoms with Gasteiger partial charge in [0.25, 0.3) is 0 Å². The predicted octanol–water partition coefficient (Wildman–Crippen LogP) is 4.41. The lowest BCUT2D eigenvalue weighted by Gasteiger charge is -2.29. The maximum Gasteiger partial charge on any atom is 0.416 e. The molecule has 1 aliphatic rings. The predicted molar refractivity (Wildman–Crippen MR) is 80.0 cm³/mol. The molecule has 2 atom stereocenters. The second kappa shape index (κ2) is 6.99. The summed E-state index contributed by atoms with van der Waals surface area (Å²) >= 11 is 0. The van der Waals surface area contributed by atoms with Crippen molar-refractivity contribution in [2.75, 3.05) is 0 Å². The van der Waals surface area contributed by atoms with Gasteiger partial charge in [-0.25, -0.2) is 0 Å². The normalized spacial score (nSPS) is 22.7. The Kier molecular flexibility index (Phi) is 5.27. The summed E-state index contributed by atoms with van der Waals surface area (Å²) in [5.41, 5.74) is -0.349. The molecular formula is C17H20F3NO. The van der Waals surface area contributed by atoms with Crippen molar-refractivity contribution in [1.82, 2.24) is 5.32 Å². The van der Waals surface area contributed by atoms with Gasteiger partial charge in [0.05, 0.1) is 5.56 Å². The molecule has 22 heavy (non-hydrogen) atoms. The van der Waals surface area contributed by atoms with Gasteiger partial charge in [-0.05, 0) is 42.5 Å². The largest absolute Gasteiger partial charge is 0.416 e. The lowest BCUT2D eigenvalue weighted by atomic mass is 9.86. The van der Waals surface area contributed by atoms with Crippen LogP contribution in [0.3, 0.4) is 0 Å². The summed E-state index contributed by atoms with van der Waals surface area (Å²) in [5, 5.41) is 2.94. The molecule has 1 amide bonds. The van der Waals surface area contributed by atoms with E-state index in [0.717, 1.165) is 31.4 Å². The molecule has 1 saturated carbocycles. The van der Waals surface area contributed by atoms with E-state index in [9.17, 15) is 18.0 Å². The molecule has 0 unspecified atom stereocenters. The molecular weight excluding hydrogens is 291 g/mol. The average molecular weight is 311 g/mol. The van der Waals surface area contributed by atoms with E-state index in [1.807, 2.05) is 0 Å². The topological polar surface area (TPSA) is 29.1 Å². The minimum absolute atomic E-state index is 0.160. The first-order chi connectivity index (χ1) is 10.4. The van der Waals surface area contributed by atoms with Crippen LogP contribution >= 0.6 is 0 Å². The van der Waals surface area contributed by atoms with Gasteiger partial charge in [-0.3, -0.25) is 4.79 Å². The number of hydrogen-bond donors (Lipinski definition) is 1. The number of alkyl halides is 3. The minimum Gasteiger partial charge on any atom is -0.350 e. The van der Waals surface area contributed by atoms with Gasteiger partial charge < -0.3 is 5.32 Å². The van der Waals surface area contributed by atoms with Crippen molar-refractivity contribution >= 4 is 12.0 Å². The summed E-state index contributed by atoms with van der Waals surface area (Å²) < 4.78 is 37.8. The van der Waals surface area contributed by atoms with Gasteiger partial charge in [-0.15, -0.1) is 0 Å². The lowest BCUT2D eigenvalue weighted by Crippen LogP contribution is -2.40. The van der Waals surface area contributed by atoms with Crippen LogP contribution in [0.15, 0.2) is 30.3 Å². The number of halogens is 3. The highest BCUT2D eigenvalue weighted by atomic mass is 19.4. The zero-order valence-corrected chi connectivity index (χ0v) is 12.5. The number of hydrogen-bond acceptors (Lipinski definition) is 1. The first kappa shape index (κ1) is 16.6. The van der Waals surface area contributed by atoms with E-state index in [1.165, 1.54) is 24.6 Å². The maximum absolute atomic E-state index is 12.6. The van der Waals surface area contributed by atoms with Crippen molar-refractivity contribution in [2.45, 2.75) is 44.8 Å². The molecule has 0 bridgehead atoms. The summed E-state index contributed by atoms with van der Waals surface area (Å²) in [5.74, 6) is 0.191. The van der Waals surface area contributed by atoms with Crippen LogP contribution in [0, 0.1) is 5.92 Å². The highest BCUT2D eigenvalue weighted by Gasteiger charge is 2.30. The number of amides is 1. The average Bonchev–Trinajstić information content (AvgIpc) is 2.47. The van der Waals surface area contributed by atoms with Gasteiger partial charge in [-0.2, -0.15) is 13.2 Å². The number of carbonyl (C=O) groups excluding carboxylic acids is 1. The second-order valence-electron chi connectivity index (χ2n) is 5.83. The molecule has 0 spiro atoms. The standard InChI is InChI=1S/C17H20F3NO/c1-12-5-2-3-8-15(12)21-16(22)10-9-13-6-4-7-14(11-13)17(18,19)20/h4,6-7,9-12,15H,2-3,5,8H2,1H3,(H,21,22)/b10-9+/t12-,15-/m1/s1. The Bertz CT molecular complexity index is 551. The van der Waals surface area contributed by atoms with Gasteiger partial charge >= 0.3 is 6.18 Å². The smallest absolute Gasteiger partial charge is 0.350 e. The third kappa shape index (κ3) is 4.61. The molecule has 1 fully saturated rings. The van der Waals surface area contributed by atoms with Gasteiger partial charge in [0.2, 0.25) is 5.91 Å². The van der Waals surface area contributed by atoms with Crippen molar-refractivity contribution in [3.63, 3.8) is 0 Å². The molecule has 0 saturated heterocycles. The monoisotopic (exact) mass is 311 g/mol. The molecule has 1 aliphatic carbocycles. The van der Waals surface area contributed by atoms with Crippen LogP contribution in [0.2, 0.25) is 0 Å². The van der Waals surface area contributed by atoms with Crippen LogP contribution in [0.4, 0.5) is 13.2 Å². The summed E-state index contributed by atoms with van der Waals surface area (Å²) in [6.45, 7) is 2.11. The van der Waals surface area contributed by atoms with E-state index < -0.39 is 11.7 Å². The van der Waals surface area contributed by atoms with E-state index in [4.69, 9.17) is 0 Å². The highest BCUT2D eigenvalue weighted by Crippen LogP contribution is 2.29. The quantitative estimate of drug-likeness (QED) is 0.823. The zero-order chi connectivity index (χ0) is 16.2. The van der Waals surface area contributed by atoms with Gasteiger partial charge in [0.15, 0.2) is 0 Å². The first-order valence-corrected chi connectivity index (χ1v) is 7.52. The molecule has 2 nitrogen and oxygen atoms in total. The molecule has 0 radical (unpaired) electrons. The van der Waals surface area contributed by atoms with Crippen molar-refractivity contribution in [3.8, 4) is 0 Å². The van der Waals surface area contributed by atoms with Crippen molar-refractivity contribution in [2.24, 2.45) is 5.92 Å². The molecule has 1 aromatic carbocycles. The van der Waals surface area contributed by atoms with Crippen LogP contribution in [0.1, 0.15) is 43.7 Å². The third-order valence-corrected chi connectivity index (χ3v) is 4.08. The Labute approximate surface area is 128 Å². The lowest BCUT2D eigenvalue weighted by molar-refractivity contribution is -0.137. The fourth-order valence-electron chi connectivity index (χ4n) is 2.75. The number of carbonyl (C=O) groups is 1. The van der Waals surface area contributed by atoms with E-state index in [1.54, 1.807) is 6.07 Å². The number of nitrogens with one attached hydrogen (secondary N) is 1. The van der Waals surface area contributed by atoms with Crippen LogP contribution < -0.4 is 5.32 Å². The molecule has 0 aromatic heterocycles. The molecule has 5 heteroatoms. The maximum atomic E-state index is 12.6. The summed E-state index contributed by atoms with van der Waals surface area (Å²) in [7, 11) is 0. The summed E-state index contributed by atoms with van der Waals surface area (Å²) in [4.78, 5) is 11.9. The summed E-state index contributed by atoms with van der Waals surface area (Å²) in [6.07, 6.45) is 2.70. The van der Waals surface area contributed by atoms with Crippen molar-refractivity contribution in [1.29, 1.82) is 0 Å². The van der Waals surface area contributed by atoms with Crippen LogP contribution in [0.25, 0.3) is 6.08 Å². The van der Waals surface area contributed by atoms with E-state index in [-0.39, 0.29) is 11.9 Å². The zero-order valence-electron chi connectivity index (χ0n) is 12.5. The highest BCUT2D eigenvalue weighted by molar-refractivity contribution is 5.91. The van der Waals surface area contributed by atoms with Crippen LogP contribution in [-0.2, 0) is 11.0 Å². The Morgan fingerprint density at radius 2 is 2.00 bits per heavy atom. The minimum atomic E-state index is -4.37. The van der Waals surface area contributed by atoms with Crippen LogP contribution in [0.5, 0.6) is 0 Å². The molecule has 1 aromatic rings. The Hall–Kier alpha value is -1.78. The second-order valence-corrected chi connectivity index (χ2v) is 5.83. The van der Waals surface area contributed by atoms with Crippen molar-refractivity contribution < 1.29 is 18.0 Å². The fraction of sp³-hybridized carbons (Fsp3) is 0.471. The number of rotatable bonds is 3. The molecule has 120 valence electrons. The molecule has 0 aliphatic heterocycles. The van der Waals surface area contributed by atoms with Crippen LogP contribution in [-0.4, -0.2) is 11.9 Å². The van der Waals surface area contributed by atoms with Gasteiger partial charge in [0, 0.05) is 12.1 Å². The van der Waals surface area contributed by atoms with E-state index in [2.05, 4.69) is 12.2 Å². The Balaban J connectivity index is 1.97.